The van der Waals surface area contributed by atoms with Crippen LogP contribution in [-0.4, -0.2) is 38.1 Å². The van der Waals surface area contributed by atoms with Crippen molar-refractivity contribution in [2.24, 2.45) is 0 Å². The Morgan fingerprint density at radius 3 is 2.78 bits per heavy atom. The van der Waals surface area contributed by atoms with Gasteiger partial charge in [-0.25, -0.2) is 0 Å². The summed E-state index contributed by atoms with van der Waals surface area (Å²) in [4.78, 5) is 13.0. The highest BCUT2D eigenvalue weighted by Crippen LogP contribution is 2.28. The normalized spacial score (nSPS) is 10.2. The number of para-hydroxylation sites is 1. The maximum Gasteiger partial charge on any atom is 0.259 e. The van der Waals surface area contributed by atoms with Crippen LogP contribution in [0.25, 0.3) is 0 Å². The van der Waals surface area contributed by atoms with Crippen molar-refractivity contribution in [1.29, 1.82) is 0 Å². The highest BCUT2D eigenvalue weighted by Gasteiger charge is 2.11. The summed E-state index contributed by atoms with van der Waals surface area (Å²) in [5.41, 5.74) is 0.955. The van der Waals surface area contributed by atoms with E-state index < -0.39 is 0 Å². The van der Waals surface area contributed by atoms with Crippen LogP contribution in [0, 0.1) is 0 Å². The van der Waals surface area contributed by atoms with E-state index in [2.05, 4.69) is 5.32 Å². The van der Waals surface area contributed by atoms with Crippen LogP contribution in [0.4, 0.5) is 0 Å². The van der Waals surface area contributed by atoms with E-state index in [0.29, 0.717) is 17.3 Å². The molecule has 100 valence electrons. The first-order chi connectivity index (χ1) is 8.56. The molecule has 0 saturated carbocycles. The average Bonchev–Trinajstić information content (AvgIpc) is 2.34. The largest absolute Gasteiger partial charge is 0.482 e. The Bertz CT molecular complexity index is 408. The summed E-state index contributed by atoms with van der Waals surface area (Å²) < 4.78 is 5.52. The van der Waals surface area contributed by atoms with E-state index in [1.165, 1.54) is 4.90 Å². The van der Waals surface area contributed by atoms with Crippen LogP contribution < -0.4 is 10.1 Å². The first kappa shape index (κ1) is 14.8. The maximum atomic E-state index is 11.5. The van der Waals surface area contributed by atoms with Crippen LogP contribution in [0.1, 0.15) is 12.5 Å². The number of halogens is 1. The molecule has 5 heteroatoms. The molecule has 0 aliphatic rings. The van der Waals surface area contributed by atoms with Crippen molar-refractivity contribution in [2.75, 3.05) is 27.2 Å². The lowest BCUT2D eigenvalue weighted by atomic mass is 10.2. The van der Waals surface area contributed by atoms with Gasteiger partial charge in [0.1, 0.15) is 5.75 Å². The lowest BCUT2D eigenvalue weighted by Gasteiger charge is -2.15. The summed E-state index contributed by atoms with van der Waals surface area (Å²) in [7, 11) is 3.38. The molecule has 0 atom stereocenters. The minimum atomic E-state index is -0.0932. The van der Waals surface area contributed by atoms with Gasteiger partial charge in [0.05, 0.1) is 5.02 Å². The fraction of sp³-hybridized carbons (Fsp3) is 0.462. The smallest absolute Gasteiger partial charge is 0.259 e. The second-order valence-electron chi connectivity index (χ2n) is 4.09. The predicted molar refractivity (Wildman–Crippen MR) is 73.0 cm³/mol. The Hall–Kier alpha value is -1.26. The molecule has 0 saturated heterocycles. The fourth-order valence-corrected chi connectivity index (χ4v) is 1.63. The van der Waals surface area contributed by atoms with Gasteiger partial charge < -0.3 is 15.0 Å². The summed E-state index contributed by atoms with van der Waals surface area (Å²) in [6.07, 6.45) is 0. The Morgan fingerprint density at radius 1 is 1.44 bits per heavy atom. The molecule has 0 heterocycles. The molecule has 0 fully saturated rings. The van der Waals surface area contributed by atoms with Crippen LogP contribution in [0.3, 0.4) is 0 Å². The molecule has 0 bridgehead atoms. The lowest BCUT2D eigenvalue weighted by molar-refractivity contribution is -0.130. The van der Waals surface area contributed by atoms with E-state index >= 15 is 0 Å². The van der Waals surface area contributed by atoms with Crippen molar-refractivity contribution < 1.29 is 9.53 Å². The first-order valence-corrected chi connectivity index (χ1v) is 6.25. The number of nitrogens with one attached hydrogen (secondary N) is 1. The van der Waals surface area contributed by atoms with E-state index in [4.69, 9.17) is 16.3 Å². The minimum absolute atomic E-state index is 0.00411. The molecule has 1 rings (SSSR count). The number of ether oxygens (including phenoxy) is 1. The van der Waals surface area contributed by atoms with Gasteiger partial charge in [-0.3, -0.25) is 4.79 Å². The molecule has 1 amide bonds. The third-order valence-corrected chi connectivity index (χ3v) is 2.75. The van der Waals surface area contributed by atoms with Crippen LogP contribution in [0.5, 0.6) is 5.75 Å². The molecule has 18 heavy (non-hydrogen) atoms. The van der Waals surface area contributed by atoms with Gasteiger partial charge in [0, 0.05) is 26.2 Å². The summed E-state index contributed by atoms with van der Waals surface area (Å²) in [6, 6.07) is 5.56. The zero-order chi connectivity index (χ0) is 13.5. The maximum absolute atomic E-state index is 11.5. The van der Waals surface area contributed by atoms with Crippen LogP contribution in [-0.2, 0) is 11.3 Å². The molecule has 0 radical (unpaired) electrons. The Kier molecular flexibility index (Phi) is 5.95. The number of carbonyl (C=O) groups is 1. The fourth-order valence-electron chi connectivity index (χ4n) is 1.38. The Labute approximate surface area is 113 Å². The monoisotopic (exact) mass is 270 g/mol. The molecule has 1 aromatic carbocycles. The third kappa shape index (κ3) is 4.20. The molecule has 1 aromatic rings. The molecule has 0 aliphatic carbocycles. The molecular weight excluding hydrogens is 252 g/mol. The van der Waals surface area contributed by atoms with E-state index in [9.17, 15) is 4.79 Å². The van der Waals surface area contributed by atoms with Gasteiger partial charge in [-0.1, -0.05) is 30.7 Å². The van der Waals surface area contributed by atoms with Gasteiger partial charge >= 0.3 is 0 Å². The lowest BCUT2D eigenvalue weighted by Crippen LogP contribution is -2.28. The number of hydrogen-bond acceptors (Lipinski definition) is 3. The van der Waals surface area contributed by atoms with Crippen molar-refractivity contribution >= 4 is 17.5 Å². The van der Waals surface area contributed by atoms with E-state index in [1.807, 2.05) is 19.1 Å². The molecule has 0 aromatic heterocycles. The molecule has 0 unspecified atom stereocenters. The summed E-state index contributed by atoms with van der Waals surface area (Å²) >= 11 is 6.09. The van der Waals surface area contributed by atoms with Crippen LogP contribution in [0.15, 0.2) is 18.2 Å². The standard InChI is InChI=1S/C13H19ClN2O2/c1-4-15-8-10-6-5-7-11(14)13(10)18-9-12(17)16(2)3/h5-7,15H,4,8-9H2,1-3H3. The van der Waals surface area contributed by atoms with Gasteiger partial charge in [0.15, 0.2) is 6.61 Å². The topological polar surface area (TPSA) is 41.6 Å². The van der Waals surface area contributed by atoms with Crippen molar-refractivity contribution in [3.63, 3.8) is 0 Å². The van der Waals surface area contributed by atoms with Gasteiger partial charge in [-0.15, -0.1) is 0 Å². The predicted octanol–water partition coefficient (Wildman–Crippen LogP) is 1.92. The van der Waals surface area contributed by atoms with Gasteiger partial charge in [-0.2, -0.15) is 0 Å². The zero-order valence-electron chi connectivity index (χ0n) is 11.0. The molecule has 0 aliphatic heterocycles. The van der Waals surface area contributed by atoms with E-state index in [-0.39, 0.29) is 12.5 Å². The van der Waals surface area contributed by atoms with Crippen LogP contribution >= 0.6 is 11.6 Å². The molecule has 4 nitrogen and oxygen atoms in total. The van der Waals surface area contributed by atoms with Gasteiger partial charge in [0.25, 0.3) is 5.91 Å². The zero-order valence-corrected chi connectivity index (χ0v) is 11.8. The Morgan fingerprint density at radius 2 is 2.17 bits per heavy atom. The number of nitrogens with zero attached hydrogens (tertiary/aromatic N) is 1. The third-order valence-electron chi connectivity index (χ3n) is 2.45. The number of benzene rings is 1. The number of carbonyl (C=O) groups excluding carboxylic acids is 1. The quantitative estimate of drug-likeness (QED) is 0.859. The van der Waals surface area contributed by atoms with Crippen LogP contribution in [0.2, 0.25) is 5.02 Å². The first-order valence-electron chi connectivity index (χ1n) is 5.87. The molecular formula is C13H19ClN2O2. The van der Waals surface area contributed by atoms with Crippen molar-refractivity contribution in [3.8, 4) is 5.75 Å². The number of rotatable bonds is 6. The average molecular weight is 271 g/mol. The molecule has 1 N–H and O–H groups in total. The van der Waals surface area contributed by atoms with E-state index in [0.717, 1.165) is 12.1 Å². The second-order valence-corrected chi connectivity index (χ2v) is 4.49. The number of likely N-dealkylation sites (N-methyl/N-ethyl adjacent to an activating group) is 1. The summed E-state index contributed by atoms with van der Waals surface area (Å²) in [6.45, 7) is 3.56. The number of amides is 1. The summed E-state index contributed by atoms with van der Waals surface area (Å²) in [5.74, 6) is 0.486. The number of hydrogen-bond donors (Lipinski definition) is 1. The van der Waals surface area contributed by atoms with Gasteiger partial charge in [0.2, 0.25) is 0 Å². The SMILES string of the molecule is CCNCc1cccc(Cl)c1OCC(=O)N(C)C. The highest BCUT2D eigenvalue weighted by atomic mass is 35.5. The van der Waals surface area contributed by atoms with Crippen molar-refractivity contribution in [2.45, 2.75) is 13.5 Å². The van der Waals surface area contributed by atoms with Gasteiger partial charge in [-0.05, 0) is 12.6 Å². The second kappa shape index (κ2) is 7.24. The van der Waals surface area contributed by atoms with E-state index in [1.54, 1.807) is 20.2 Å². The summed E-state index contributed by atoms with van der Waals surface area (Å²) in [5, 5.41) is 3.73. The van der Waals surface area contributed by atoms with Crippen molar-refractivity contribution in [1.82, 2.24) is 10.2 Å². The molecule has 0 spiro atoms. The highest BCUT2D eigenvalue weighted by molar-refractivity contribution is 6.32. The van der Waals surface area contributed by atoms with Crippen molar-refractivity contribution in [3.05, 3.63) is 28.8 Å². The minimum Gasteiger partial charge on any atom is -0.482 e. The Balaban J connectivity index is 2.76.